The number of aryl methyl sites for hydroxylation is 1. The van der Waals surface area contributed by atoms with E-state index in [1.807, 2.05) is 12.1 Å². The van der Waals surface area contributed by atoms with Crippen molar-refractivity contribution >= 4 is 28.4 Å². The van der Waals surface area contributed by atoms with Crippen LogP contribution in [-0.4, -0.2) is 37.4 Å². The summed E-state index contributed by atoms with van der Waals surface area (Å²) in [6.45, 7) is 2.66. The summed E-state index contributed by atoms with van der Waals surface area (Å²) in [6.07, 6.45) is 0. The van der Waals surface area contributed by atoms with Gasteiger partial charge in [0.25, 0.3) is 5.91 Å². The van der Waals surface area contributed by atoms with E-state index in [1.165, 1.54) is 12.1 Å². The van der Waals surface area contributed by atoms with E-state index in [0.717, 1.165) is 11.1 Å². The number of nitrogens with one attached hydrogen (secondary N) is 1. The fourth-order valence-electron chi connectivity index (χ4n) is 4.40. The van der Waals surface area contributed by atoms with Crippen LogP contribution in [0.15, 0.2) is 36.4 Å². The number of halogens is 1. The quantitative estimate of drug-likeness (QED) is 0.617. The Balaban J connectivity index is 1.41. The highest BCUT2D eigenvalue weighted by Gasteiger charge is 2.30. The minimum Gasteiger partial charge on any atom is -0.365 e. The first-order chi connectivity index (χ1) is 15.8. The number of amides is 3. The Morgan fingerprint density at radius 3 is 2.67 bits per heavy atom. The molecule has 1 atom stereocenters. The number of urea groups is 1. The van der Waals surface area contributed by atoms with Gasteiger partial charge >= 0.3 is 6.03 Å². The molecule has 5 rings (SSSR count). The average molecular weight is 468 g/mol. The molecule has 0 aliphatic carbocycles. The van der Waals surface area contributed by atoms with Crippen molar-refractivity contribution in [3.63, 3.8) is 0 Å². The molecule has 0 saturated carbocycles. The van der Waals surface area contributed by atoms with E-state index in [9.17, 15) is 18.2 Å². The minimum absolute atomic E-state index is 0.139. The van der Waals surface area contributed by atoms with Gasteiger partial charge in [0.2, 0.25) is 0 Å². The van der Waals surface area contributed by atoms with Gasteiger partial charge in [-0.2, -0.15) is 5.10 Å². The number of hydrogen-bond donors (Lipinski definition) is 2. The number of hydrogen-bond acceptors (Lipinski definition) is 4. The van der Waals surface area contributed by atoms with Crippen LogP contribution in [0.4, 0.5) is 14.9 Å². The predicted octanol–water partition coefficient (Wildman–Crippen LogP) is 2.91. The van der Waals surface area contributed by atoms with Crippen LogP contribution in [0.2, 0.25) is 0 Å². The fourth-order valence-corrected chi connectivity index (χ4v) is 5.75. The van der Waals surface area contributed by atoms with Gasteiger partial charge in [0.1, 0.15) is 11.5 Å². The number of carbonyl (C=O) groups is 2. The number of nitrogens with zero attached hydrogens (tertiary/aromatic N) is 3. The molecular formula is C23H22FN5O3S. The average Bonchev–Trinajstić information content (AvgIpc) is 3.31. The second-order valence-electron chi connectivity index (χ2n) is 8.34. The zero-order valence-electron chi connectivity index (χ0n) is 17.9. The molecule has 2 aliphatic heterocycles. The van der Waals surface area contributed by atoms with Crippen molar-refractivity contribution in [3.05, 3.63) is 70.2 Å². The summed E-state index contributed by atoms with van der Waals surface area (Å²) in [5.74, 6) is -0.0674. The van der Waals surface area contributed by atoms with Crippen LogP contribution in [0.3, 0.4) is 0 Å². The van der Waals surface area contributed by atoms with Gasteiger partial charge in [0, 0.05) is 40.1 Å². The second-order valence-corrected chi connectivity index (χ2v) is 9.80. The van der Waals surface area contributed by atoms with E-state index in [2.05, 4.69) is 10.4 Å². The summed E-state index contributed by atoms with van der Waals surface area (Å²) in [4.78, 5) is 26.9. The number of fused-ring (bicyclic) bond motifs is 2. The molecule has 0 radical (unpaired) electrons. The summed E-state index contributed by atoms with van der Waals surface area (Å²) in [7, 11) is -0.893. The van der Waals surface area contributed by atoms with Gasteiger partial charge < -0.3 is 16.0 Å². The van der Waals surface area contributed by atoms with Crippen LogP contribution in [0.25, 0.3) is 11.3 Å². The molecule has 3 aromatic rings. The molecule has 0 bridgehead atoms. The highest BCUT2D eigenvalue weighted by molar-refractivity contribution is 7.83. The fraction of sp³-hybridized carbons (Fsp3) is 0.261. The van der Waals surface area contributed by atoms with Gasteiger partial charge in [-0.05, 0) is 53.9 Å². The van der Waals surface area contributed by atoms with Crippen LogP contribution in [0, 0.1) is 12.7 Å². The van der Waals surface area contributed by atoms with Crippen molar-refractivity contribution in [1.29, 1.82) is 0 Å². The molecule has 8 nitrogen and oxygen atoms in total. The molecule has 1 unspecified atom stereocenters. The van der Waals surface area contributed by atoms with E-state index in [4.69, 9.17) is 5.73 Å². The van der Waals surface area contributed by atoms with Gasteiger partial charge in [0.15, 0.2) is 0 Å². The zero-order chi connectivity index (χ0) is 23.3. The third-order valence-electron chi connectivity index (χ3n) is 5.92. The van der Waals surface area contributed by atoms with Crippen molar-refractivity contribution in [2.75, 3.05) is 11.9 Å². The van der Waals surface area contributed by atoms with E-state index < -0.39 is 22.5 Å². The predicted molar refractivity (Wildman–Crippen MR) is 122 cm³/mol. The molecule has 0 fully saturated rings. The molecule has 10 heteroatoms. The van der Waals surface area contributed by atoms with E-state index >= 15 is 0 Å². The number of nitrogens with two attached hydrogens (primary N) is 1. The molecule has 170 valence electrons. The number of rotatable bonds is 3. The third kappa shape index (κ3) is 4.02. The van der Waals surface area contributed by atoms with Crippen molar-refractivity contribution in [2.45, 2.75) is 31.5 Å². The van der Waals surface area contributed by atoms with Gasteiger partial charge in [0.05, 0.1) is 24.3 Å². The number of benzene rings is 2. The van der Waals surface area contributed by atoms with Crippen molar-refractivity contribution in [1.82, 2.24) is 14.7 Å². The maximum Gasteiger partial charge on any atom is 0.322 e. The molecule has 33 heavy (non-hydrogen) atoms. The summed E-state index contributed by atoms with van der Waals surface area (Å²) in [6, 6.07) is 9.68. The molecule has 1 aromatic heterocycles. The SMILES string of the molecule is Cc1cc(F)cc(-c2nn3c(c2C(N)=O)CN(C(=O)Nc2ccc4c(c2)CS(=O)C4)CC3)c1. The van der Waals surface area contributed by atoms with Crippen molar-refractivity contribution < 1.29 is 18.2 Å². The number of aromatic nitrogens is 2. The van der Waals surface area contributed by atoms with Crippen molar-refractivity contribution in [2.24, 2.45) is 5.73 Å². The second kappa shape index (κ2) is 8.11. The largest absolute Gasteiger partial charge is 0.365 e. The van der Waals surface area contributed by atoms with Crippen LogP contribution in [-0.2, 0) is 35.4 Å². The minimum atomic E-state index is -0.893. The molecule has 0 saturated heterocycles. The number of carbonyl (C=O) groups excluding carboxylic acids is 2. The highest BCUT2D eigenvalue weighted by atomic mass is 32.2. The maximum absolute atomic E-state index is 14.0. The third-order valence-corrected chi connectivity index (χ3v) is 7.19. The van der Waals surface area contributed by atoms with Crippen LogP contribution in [0.1, 0.15) is 32.7 Å². The van der Waals surface area contributed by atoms with Gasteiger partial charge in [-0.15, -0.1) is 0 Å². The first-order valence-corrected chi connectivity index (χ1v) is 12.0. The highest BCUT2D eigenvalue weighted by Crippen LogP contribution is 2.30. The van der Waals surface area contributed by atoms with Gasteiger partial charge in [-0.25, -0.2) is 9.18 Å². The maximum atomic E-state index is 14.0. The Bertz CT molecular complexity index is 1320. The molecule has 3 heterocycles. The Labute approximate surface area is 192 Å². The monoisotopic (exact) mass is 467 g/mol. The topological polar surface area (TPSA) is 110 Å². The molecule has 3 amide bonds. The van der Waals surface area contributed by atoms with Crippen LogP contribution < -0.4 is 11.1 Å². The first-order valence-electron chi connectivity index (χ1n) is 10.5. The first kappa shape index (κ1) is 21.3. The smallest absolute Gasteiger partial charge is 0.322 e. The Morgan fingerprint density at radius 1 is 1.12 bits per heavy atom. The zero-order valence-corrected chi connectivity index (χ0v) is 18.7. The molecule has 2 aromatic carbocycles. The molecule has 3 N–H and O–H groups in total. The van der Waals surface area contributed by atoms with Crippen molar-refractivity contribution in [3.8, 4) is 11.3 Å². The Hall–Kier alpha value is -3.53. The van der Waals surface area contributed by atoms with E-state index in [1.54, 1.807) is 28.6 Å². The molecule has 2 aliphatic rings. The van der Waals surface area contributed by atoms with Crippen LogP contribution in [0.5, 0.6) is 0 Å². The molecular weight excluding hydrogens is 445 g/mol. The van der Waals surface area contributed by atoms with E-state index in [-0.39, 0.29) is 18.1 Å². The molecule has 0 spiro atoms. The van der Waals surface area contributed by atoms with Crippen LogP contribution >= 0.6 is 0 Å². The lowest BCUT2D eigenvalue weighted by atomic mass is 10.0. The lowest BCUT2D eigenvalue weighted by Crippen LogP contribution is -2.41. The number of anilines is 1. The van der Waals surface area contributed by atoms with Gasteiger partial charge in [-0.1, -0.05) is 6.07 Å². The normalized spacial score (nSPS) is 16.9. The number of primary amides is 1. The lowest BCUT2D eigenvalue weighted by Gasteiger charge is -2.28. The summed E-state index contributed by atoms with van der Waals surface area (Å²) >= 11 is 0. The standard InChI is InChI=1S/C23H22FN5O3S/c1-13-6-15(8-17(24)7-13)21-20(22(25)30)19-10-28(4-5-29(19)27-21)23(31)26-18-3-2-14-11-33(32)12-16(14)9-18/h2-3,6-9H,4-5,10-12H2,1H3,(H2,25,30)(H,26,31). The summed E-state index contributed by atoms with van der Waals surface area (Å²) < 4.78 is 27.4. The Morgan fingerprint density at radius 2 is 1.91 bits per heavy atom. The van der Waals surface area contributed by atoms with Gasteiger partial charge in [-0.3, -0.25) is 13.7 Å². The Kier molecular flexibility index (Phi) is 5.24. The summed E-state index contributed by atoms with van der Waals surface area (Å²) in [5, 5.41) is 7.39. The lowest BCUT2D eigenvalue weighted by molar-refractivity contribution is 0.0997. The summed E-state index contributed by atoms with van der Waals surface area (Å²) in [5.41, 5.74) is 10.5. The van der Waals surface area contributed by atoms with E-state index in [0.29, 0.717) is 52.8 Å².